The summed E-state index contributed by atoms with van der Waals surface area (Å²) in [5.74, 6) is 1.32. The molecule has 2 rings (SSSR count). The van der Waals surface area contributed by atoms with Gasteiger partial charge in [0.2, 0.25) is 5.88 Å². The normalized spacial score (nSPS) is 20.2. The second-order valence-corrected chi connectivity index (χ2v) is 4.39. The molecule has 17 heavy (non-hydrogen) atoms. The zero-order valence-corrected chi connectivity index (χ0v) is 10.3. The number of nitrogens with one attached hydrogen (secondary N) is 1. The molecule has 1 aromatic rings. The van der Waals surface area contributed by atoms with Crippen molar-refractivity contribution in [3.8, 4) is 5.88 Å². The van der Waals surface area contributed by atoms with E-state index in [1.807, 2.05) is 18.2 Å². The highest BCUT2D eigenvalue weighted by atomic mass is 16.5. The minimum Gasteiger partial charge on any atom is -0.481 e. The first-order valence-electron chi connectivity index (χ1n) is 6.17. The second kappa shape index (κ2) is 6.57. The number of hydrogen-bond donors (Lipinski definition) is 1. The van der Waals surface area contributed by atoms with Crippen molar-refractivity contribution in [2.45, 2.75) is 19.4 Å². The van der Waals surface area contributed by atoms with Gasteiger partial charge in [0.1, 0.15) is 0 Å². The number of methoxy groups -OCH3 is 1. The predicted molar refractivity (Wildman–Crippen MR) is 66.0 cm³/mol. The van der Waals surface area contributed by atoms with Crippen LogP contribution in [0.25, 0.3) is 0 Å². The summed E-state index contributed by atoms with van der Waals surface area (Å²) in [6.45, 7) is 3.60. The van der Waals surface area contributed by atoms with Gasteiger partial charge < -0.3 is 14.8 Å². The molecule has 1 atom stereocenters. The zero-order valence-electron chi connectivity index (χ0n) is 10.3. The highest BCUT2D eigenvalue weighted by Gasteiger charge is 2.13. The molecule has 1 N–H and O–H groups in total. The summed E-state index contributed by atoms with van der Waals surface area (Å²) in [6.07, 6.45) is 2.45. The maximum atomic E-state index is 5.45. The van der Waals surface area contributed by atoms with Crippen LogP contribution < -0.4 is 10.1 Å². The van der Waals surface area contributed by atoms with E-state index in [-0.39, 0.29) is 0 Å². The summed E-state index contributed by atoms with van der Waals surface area (Å²) in [5, 5.41) is 3.42. The molecular weight excluding hydrogens is 216 g/mol. The topological polar surface area (TPSA) is 43.4 Å². The number of pyridine rings is 1. The number of rotatable bonds is 5. The summed E-state index contributed by atoms with van der Waals surface area (Å²) < 4.78 is 10.5. The highest BCUT2D eigenvalue weighted by molar-refractivity contribution is 5.15. The molecule has 4 heteroatoms. The molecule has 0 spiro atoms. The Kier molecular flexibility index (Phi) is 4.76. The van der Waals surface area contributed by atoms with E-state index in [9.17, 15) is 0 Å². The van der Waals surface area contributed by atoms with Gasteiger partial charge in [0.15, 0.2) is 0 Å². The highest BCUT2D eigenvalue weighted by Crippen LogP contribution is 2.12. The predicted octanol–water partition coefficient (Wildman–Crippen LogP) is 1.61. The van der Waals surface area contributed by atoms with Crippen LogP contribution in [-0.2, 0) is 11.3 Å². The van der Waals surface area contributed by atoms with E-state index in [0.29, 0.717) is 11.8 Å². The Bertz CT molecular complexity index is 338. The Labute approximate surface area is 102 Å². The van der Waals surface area contributed by atoms with Crippen molar-refractivity contribution >= 4 is 0 Å². The molecule has 1 aliphatic rings. The van der Waals surface area contributed by atoms with E-state index >= 15 is 0 Å². The van der Waals surface area contributed by atoms with Crippen LogP contribution >= 0.6 is 0 Å². The Morgan fingerprint density at radius 2 is 2.47 bits per heavy atom. The molecule has 1 aliphatic heterocycles. The summed E-state index contributed by atoms with van der Waals surface area (Å²) in [5.41, 5.74) is 1.01. The molecule has 0 amide bonds. The molecule has 4 nitrogen and oxygen atoms in total. The first kappa shape index (κ1) is 12.3. The quantitative estimate of drug-likeness (QED) is 0.843. The van der Waals surface area contributed by atoms with Gasteiger partial charge in [-0.3, -0.25) is 0 Å². The van der Waals surface area contributed by atoms with Gasteiger partial charge in [-0.2, -0.15) is 0 Å². The third-order valence-electron chi connectivity index (χ3n) is 2.98. The van der Waals surface area contributed by atoms with E-state index in [1.54, 1.807) is 7.11 Å². The summed E-state index contributed by atoms with van der Waals surface area (Å²) in [4.78, 5) is 4.36. The summed E-state index contributed by atoms with van der Waals surface area (Å²) in [7, 11) is 1.64. The first-order chi connectivity index (χ1) is 8.38. The van der Waals surface area contributed by atoms with E-state index in [0.717, 1.165) is 32.0 Å². The van der Waals surface area contributed by atoms with Crippen molar-refractivity contribution in [1.29, 1.82) is 0 Å². The maximum absolute atomic E-state index is 5.45. The number of aromatic nitrogens is 1. The maximum Gasteiger partial charge on any atom is 0.213 e. The van der Waals surface area contributed by atoms with Crippen LogP contribution in [0.2, 0.25) is 0 Å². The van der Waals surface area contributed by atoms with Crippen molar-refractivity contribution < 1.29 is 9.47 Å². The first-order valence-corrected chi connectivity index (χ1v) is 6.17. The molecular formula is C13H20N2O2. The molecule has 1 aromatic heterocycles. The molecule has 1 unspecified atom stereocenters. The SMILES string of the molecule is COc1cccc(CNCC2CCCOC2)n1. The van der Waals surface area contributed by atoms with Crippen LogP contribution in [0.1, 0.15) is 18.5 Å². The fraction of sp³-hybridized carbons (Fsp3) is 0.615. The van der Waals surface area contributed by atoms with Gasteiger partial charge in [0.05, 0.1) is 19.4 Å². The molecule has 1 saturated heterocycles. The van der Waals surface area contributed by atoms with Crippen LogP contribution in [-0.4, -0.2) is 31.9 Å². The minimum absolute atomic E-state index is 0.648. The second-order valence-electron chi connectivity index (χ2n) is 4.39. The van der Waals surface area contributed by atoms with Crippen molar-refractivity contribution in [3.63, 3.8) is 0 Å². The average molecular weight is 236 g/mol. The van der Waals surface area contributed by atoms with Crippen molar-refractivity contribution in [3.05, 3.63) is 23.9 Å². The van der Waals surface area contributed by atoms with Crippen molar-refractivity contribution in [2.24, 2.45) is 5.92 Å². The van der Waals surface area contributed by atoms with Crippen molar-refractivity contribution in [2.75, 3.05) is 26.9 Å². The van der Waals surface area contributed by atoms with Crippen LogP contribution in [0, 0.1) is 5.92 Å². The molecule has 1 fully saturated rings. The Morgan fingerprint density at radius 3 is 3.24 bits per heavy atom. The lowest BCUT2D eigenvalue weighted by molar-refractivity contribution is 0.0547. The van der Waals surface area contributed by atoms with Gasteiger partial charge in [0.25, 0.3) is 0 Å². The van der Waals surface area contributed by atoms with Crippen LogP contribution in [0.3, 0.4) is 0 Å². The largest absolute Gasteiger partial charge is 0.481 e. The van der Waals surface area contributed by atoms with Crippen molar-refractivity contribution in [1.82, 2.24) is 10.3 Å². The summed E-state index contributed by atoms with van der Waals surface area (Å²) >= 11 is 0. The molecule has 0 radical (unpaired) electrons. The molecule has 0 aliphatic carbocycles. The fourth-order valence-electron chi connectivity index (χ4n) is 2.04. The van der Waals surface area contributed by atoms with Gasteiger partial charge >= 0.3 is 0 Å². The lowest BCUT2D eigenvalue weighted by atomic mass is 10.0. The smallest absolute Gasteiger partial charge is 0.213 e. The molecule has 94 valence electrons. The minimum atomic E-state index is 0.648. The van der Waals surface area contributed by atoms with E-state index in [2.05, 4.69) is 10.3 Å². The van der Waals surface area contributed by atoms with Gasteiger partial charge in [-0.15, -0.1) is 0 Å². The Morgan fingerprint density at radius 1 is 1.53 bits per heavy atom. The Hall–Kier alpha value is -1.13. The lowest BCUT2D eigenvalue weighted by Crippen LogP contribution is -2.29. The van der Waals surface area contributed by atoms with E-state index in [1.165, 1.54) is 12.8 Å². The number of ether oxygens (including phenoxy) is 2. The van der Waals surface area contributed by atoms with Gasteiger partial charge in [-0.25, -0.2) is 4.98 Å². The van der Waals surface area contributed by atoms with E-state index in [4.69, 9.17) is 9.47 Å². The number of hydrogen-bond acceptors (Lipinski definition) is 4. The monoisotopic (exact) mass is 236 g/mol. The Balaban J connectivity index is 1.73. The van der Waals surface area contributed by atoms with Gasteiger partial charge in [-0.1, -0.05) is 6.07 Å². The van der Waals surface area contributed by atoms with Gasteiger partial charge in [-0.05, 0) is 24.8 Å². The third kappa shape index (κ3) is 3.98. The molecule has 2 heterocycles. The fourth-order valence-corrected chi connectivity index (χ4v) is 2.04. The van der Waals surface area contributed by atoms with Crippen LogP contribution in [0.15, 0.2) is 18.2 Å². The molecule has 0 saturated carbocycles. The standard InChI is InChI=1S/C13H20N2O2/c1-16-13-6-2-5-12(15-13)9-14-8-11-4-3-7-17-10-11/h2,5-6,11,14H,3-4,7-10H2,1H3. The lowest BCUT2D eigenvalue weighted by Gasteiger charge is -2.22. The van der Waals surface area contributed by atoms with E-state index < -0.39 is 0 Å². The molecule has 0 bridgehead atoms. The van der Waals surface area contributed by atoms with Crippen LogP contribution in [0.4, 0.5) is 0 Å². The molecule has 0 aromatic carbocycles. The summed E-state index contributed by atoms with van der Waals surface area (Å²) in [6, 6.07) is 5.83. The van der Waals surface area contributed by atoms with Gasteiger partial charge in [0, 0.05) is 25.8 Å². The number of nitrogens with zero attached hydrogens (tertiary/aromatic N) is 1. The average Bonchev–Trinajstić information content (AvgIpc) is 2.40. The zero-order chi connectivity index (χ0) is 11.9. The van der Waals surface area contributed by atoms with Crippen LogP contribution in [0.5, 0.6) is 5.88 Å². The third-order valence-corrected chi connectivity index (χ3v) is 2.98.